The Kier molecular flexibility index (Phi) is 4.08. The molecule has 3 aromatic heterocycles. The van der Waals surface area contributed by atoms with Gasteiger partial charge in [0.2, 0.25) is 0 Å². The number of hydrogen-bond donors (Lipinski definition) is 0. The van der Waals surface area contributed by atoms with Crippen molar-refractivity contribution in [3.8, 4) is 22.8 Å². The van der Waals surface area contributed by atoms with Crippen LogP contribution in [0.2, 0.25) is 5.15 Å². The molecule has 0 amide bonds. The molecule has 0 aliphatic carbocycles. The zero-order chi connectivity index (χ0) is 18.3. The molecule has 0 fully saturated rings. The zero-order valence-electron chi connectivity index (χ0n) is 14.6. The quantitative estimate of drug-likeness (QED) is 0.516. The first-order chi connectivity index (χ1) is 12.6. The molecular weight excluding hydrogens is 352 g/mol. The molecule has 0 saturated heterocycles. The van der Waals surface area contributed by atoms with E-state index in [0.29, 0.717) is 16.7 Å². The molecule has 0 unspecified atom stereocenters. The number of aryl methyl sites for hydroxylation is 2. The first kappa shape index (κ1) is 16.5. The third-order valence-corrected chi connectivity index (χ3v) is 4.42. The number of hydrogen-bond acceptors (Lipinski definition) is 5. The predicted octanol–water partition coefficient (Wildman–Crippen LogP) is 3.44. The Morgan fingerprint density at radius 1 is 1.19 bits per heavy atom. The number of fused-ring (bicyclic) bond motifs is 1. The lowest BCUT2D eigenvalue weighted by Gasteiger charge is -2.12. The van der Waals surface area contributed by atoms with Gasteiger partial charge in [0.15, 0.2) is 11.6 Å². The molecule has 0 aliphatic heterocycles. The summed E-state index contributed by atoms with van der Waals surface area (Å²) in [6, 6.07) is 7.63. The summed E-state index contributed by atoms with van der Waals surface area (Å²) in [7, 11) is 3.46. The van der Waals surface area contributed by atoms with Crippen LogP contribution in [0.4, 0.5) is 0 Å². The van der Waals surface area contributed by atoms with Crippen molar-refractivity contribution in [1.29, 1.82) is 0 Å². The molecule has 0 spiro atoms. The molecule has 4 rings (SSSR count). The number of para-hydroxylation sites is 1. The number of nitrogens with zero attached hydrogens (tertiary/aromatic N) is 6. The van der Waals surface area contributed by atoms with Crippen molar-refractivity contribution in [2.75, 3.05) is 7.11 Å². The Morgan fingerprint density at radius 3 is 2.73 bits per heavy atom. The maximum Gasteiger partial charge on any atom is 0.184 e. The first-order valence-electron chi connectivity index (χ1n) is 8.19. The summed E-state index contributed by atoms with van der Waals surface area (Å²) in [4.78, 5) is 8.53. The molecule has 0 N–H and O–H groups in total. The number of methoxy groups -OCH3 is 1. The number of benzene rings is 1. The van der Waals surface area contributed by atoms with Crippen LogP contribution in [0, 0.1) is 0 Å². The van der Waals surface area contributed by atoms with Crippen molar-refractivity contribution >= 4 is 22.5 Å². The van der Waals surface area contributed by atoms with Crippen LogP contribution in [-0.2, 0) is 13.5 Å². The van der Waals surface area contributed by atoms with Crippen molar-refractivity contribution in [2.24, 2.45) is 7.05 Å². The molecule has 0 atom stereocenters. The third kappa shape index (κ3) is 2.61. The molecule has 0 bridgehead atoms. The van der Waals surface area contributed by atoms with Crippen molar-refractivity contribution in [1.82, 2.24) is 29.5 Å². The van der Waals surface area contributed by atoms with E-state index >= 15 is 0 Å². The summed E-state index contributed by atoms with van der Waals surface area (Å²) < 4.78 is 9.22. The highest BCUT2D eigenvalue weighted by Crippen LogP contribution is 2.35. The predicted molar refractivity (Wildman–Crippen MR) is 99.8 cm³/mol. The average molecular weight is 369 g/mol. The van der Waals surface area contributed by atoms with Crippen LogP contribution < -0.4 is 4.74 Å². The smallest absolute Gasteiger partial charge is 0.184 e. The molecule has 0 aliphatic rings. The Morgan fingerprint density at radius 2 is 2.04 bits per heavy atom. The molecular formula is C18H17ClN6O. The highest BCUT2D eigenvalue weighted by Gasteiger charge is 2.19. The molecule has 7 nitrogen and oxygen atoms in total. The van der Waals surface area contributed by atoms with Crippen LogP contribution in [0.5, 0.6) is 5.75 Å². The summed E-state index contributed by atoms with van der Waals surface area (Å²) in [6.45, 7) is 2.06. The molecule has 1 aromatic carbocycles. The van der Waals surface area contributed by atoms with Crippen LogP contribution in [-0.4, -0.2) is 36.6 Å². The lowest BCUT2D eigenvalue weighted by Crippen LogP contribution is -2.02. The number of pyridine rings is 1. The van der Waals surface area contributed by atoms with Gasteiger partial charge in [-0.2, -0.15) is 10.2 Å². The van der Waals surface area contributed by atoms with E-state index in [-0.39, 0.29) is 0 Å². The van der Waals surface area contributed by atoms with Gasteiger partial charge in [-0.15, -0.1) is 0 Å². The van der Waals surface area contributed by atoms with Gasteiger partial charge in [0.25, 0.3) is 0 Å². The van der Waals surface area contributed by atoms with E-state index in [1.807, 2.05) is 36.0 Å². The van der Waals surface area contributed by atoms with Crippen LogP contribution in [0.25, 0.3) is 28.0 Å². The van der Waals surface area contributed by atoms with Gasteiger partial charge in [0.05, 0.1) is 23.9 Å². The van der Waals surface area contributed by atoms with Crippen LogP contribution in [0.1, 0.15) is 12.6 Å². The Labute approximate surface area is 155 Å². The number of aromatic nitrogens is 6. The number of ether oxygens (including phenoxy) is 1. The van der Waals surface area contributed by atoms with Crippen molar-refractivity contribution in [3.05, 3.63) is 47.6 Å². The summed E-state index contributed by atoms with van der Waals surface area (Å²) >= 11 is 6.13. The molecule has 26 heavy (non-hydrogen) atoms. The van der Waals surface area contributed by atoms with Gasteiger partial charge >= 0.3 is 0 Å². The zero-order valence-corrected chi connectivity index (χ0v) is 15.4. The van der Waals surface area contributed by atoms with E-state index < -0.39 is 0 Å². The van der Waals surface area contributed by atoms with Gasteiger partial charge < -0.3 is 4.74 Å². The first-order valence-corrected chi connectivity index (χ1v) is 8.56. The van der Waals surface area contributed by atoms with E-state index in [9.17, 15) is 0 Å². The van der Waals surface area contributed by atoms with E-state index in [2.05, 4.69) is 22.0 Å². The largest absolute Gasteiger partial charge is 0.494 e. The van der Waals surface area contributed by atoms with E-state index in [1.165, 1.54) is 0 Å². The van der Waals surface area contributed by atoms with Gasteiger partial charge in [-0.3, -0.25) is 4.68 Å². The second kappa shape index (κ2) is 6.42. The molecule has 0 radical (unpaired) electrons. The Balaban J connectivity index is 1.99. The molecule has 8 heteroatoms. The fraction of sp³-hybridized carbons (Fsp3) is 0.222. The average Bonchev–Trinajstić information content (AvgIpc) is 3.24. The maximum atomic E-state index is 6.13. The van der Waals surface area contributed by atoms with Crippen LogP contribution in [0.3, 0.4) is 0 Å². The fourth-order valence-electron chi connectivity index (χ4n) is 3.04. The van der Waals surface area contributed by atoms with Crippen LogP contribution in [0.15, 0.2) is 36.8 Å². The maximum absolute atomic E-state index is 6.13. The minimum absolute atomic E-state index is 0.419. The lowest BCUT2D eigenvalue weighted by molar-refractivity contribution is 0.413. The van der Waals surface area contributed by atoms with E-state index in [1.54, 1.807) is 24.3 Å². The van der Waals surface area contributed by atoms with E-state index in [4.69, 9.17) is 21.4 Å². The minimum atomic E-state index is 0.419. The summed E-state index contributed by atoms with van der Waals surface area (Å²) in [6.07, 6.45) is 4.21. The van der Waals surface area contributed by atoms with Crippen molar-refractivity contribution in [2.45, 2.75) is 13.3 Å². The molecule has 132 valence electrons. The molecule has 3 heterocycles. The van der Waals surface area contributed by atoms with Gasteiger partial charge in [-0.25, -0.2) is 14.6 Å². The summed E-state index contributed by atoms with van der Waals surface area (Å²) in [5, 5.41) is 10.5. The van der Waals surface area contributed by atoms with Crippen molar-refractivity contribution in [3.63, 3.8) is 0 Å². The highest BCUT2D eigenvalue weighted by molar-refractivity contribution is 6.30. The topological polar surface area (TPSA) is 70.7 Å². The number of halogens is 1. The fourth-order valence-corrected chi connectivity index (χ4v) is 3.19. The van der Waals surface area contributed by atoms with Gasteiger partial charge in [-0.05, 0) is 18.6 Å². The summed E-state index contributed by atoms with van der Waals surface area (Å²) in [5.41, 5.74) is 3.43. The molecule has 4 aromatic rings. The Hall–Kier alpha value is -2.93. The lowest BCUT2D eigenvalue weighted by atomic mass is 10.1. The second-order valence-electron chi connectivity index (χ2n) is 5.84. The highest BCUT2D eigenvalue weighted by atomic mass is 35.5. The van der Waals surface area contributed by atoms with Crippen LogP contribution >= 0.6 is 11.6 Å². The SMILES string of the molecule is CCc1nn(-c2cccc(-c3ncn(C)n3)c2OC)c2cc(Cl)ncc12. The van der Waals surface area contributed by atoms with E-state index in [0.717, 1.165) is 34.3 Å². The van der Waals surface area contributed by atoms with Crippen molar-refractivity contribution < 1.29 is 4.74 Å². The number of rotatable bonds is 4. The molecule has 0 saturated carbocycles. The van der Waals surface area contributed by atoms with Gasteiger partial charge in [0.1, 0.15) is 17.2 Å². The monoisotopic (exact) mass is 368 g/mol. The third-order valence-electron chi connectivity index (χ3n) is 4.21. The standard InChI is InChI=1S/C18H17ClN6O/c1-4-13-12-9-20-16(19)8-15(12)25(22-13)14-7-5-6-11(17(14)26-3)18-21-10-24(2)23-18/h5-10H,4H2,1-3H3. The Bertz CT molecular complexity index is 1100. The normalized spacial score (nSPS) is 11.2. The van der Waals surface area contributed by atoms with Gasteiger partial charge in [-0.1, -0.05) is 24.6 Å². The minimum Gasteiger partial charge on any atom is -0.494 e. The van der Waals surface area contributed by atoms with Gasteiger partial charge in [0, 0.05) is 24.7 Å². The summed E-state index contributed by atoms with van der Waals surface area (Å²) in [5.74, 6) is 1.25. The second-order valence-corrected chi connectivity index (χ2v) is 6.22.